The number of carboxylic acid groups (broad SMARTS) is 1. The van der Waals surface area contributed by atoms with Gasteiger partial charge in [-0.3, -0.25) is 0 Å². The van der Waals surface area contributed by atoms with E-state index in [1.54, 1.807) is 25.1 Å². The Labute approximate surface area is 109 Å². The summed E-state index contributed by atoms with van der Waals surface area (Å²) in [5.74, 6) is -1.55. The molecule has 0 saturated carbocycles. The lowest BCUT2D eigenvalue weighted by atomic mass is 9.98. The molecule has 0 heterocycles. The molecule has 0 radical (unpaired) electrons. The molecule has 1 N–H and O–H groups in total. The van der Waals surface area contributed by atoms with E-state index in [1.165, 1.54) is 12.1 Å². The average molecular weight is 265 g/mol. The summed E-state index contributed by atoms with van der Waals surface area (Å²) in [5, 5.41) is 9.44. The Kier molecular flexibility index (Phi) is 3.34. The highest BCUT2D eigenvalue weighted by Gasteiger charge is 2.12. The third kappa shape index (κ3) is 2.22. The first-order chi connectivity index (χ1) is 8.50. The predicted molar refractivity (Wildman–Crippen MR) is 68.5 cm³/mol. The molecule has 0 aliphatic heterocycles. The van der Waals surface area contributed by atoms with E-state index in [0.29, 0.717) is 10.6 Å². The first-order valence-corrected chi connectivity index (χ1v) is 5.67. The van der Waals surface area contributed by atoms with Gasteiger partial charge >= 0.3 is 5.97 Å². The van der Waals surface area contributed by atoms with E-state index >= 15 is 0 Å². The maximum atomic E-state index is 13.8. The van der Waals surface area contributed by atoms with Crippen molar-refractivity contribution in [3.05, 3.63) is 58.4 Å². The van der Waals surface area contributed by atoms with Crippen LogP contribution in [-0.4, -0.2) is 11.1 Å². The number of benzene rings is 2. The second-order valence-corrected chi connectivity index (χ2v) is 4.32. The molecular weight excluding hydrogens is 255 g/mol. The van der Waals surface area contributed by atoms with Gasteiger partial charge in [0.2, 0.25) is 0 Å². The second-order valence-electron chi connectivity index (χ2n) is 3.91. The van der Waals surface area contributed by atoms with Crippen molar-refractivity contribution in [3.63, 3.8) is 0 Å². The van der Waals surface area contributed by atoms with Gasteiger partial charge in [-0.05, 0) is 42.3 Å². The maximum absolute atomic E-state index is 13.8. The highest BCUT2D eigenvalue weighted by atomic mass is 35.5. The molecule has 0 aromatic heterocycles. The van der Waals surface area contributed by atoms with Gasteiger partial charge in [-0.15, -0.1) is 0 Å². The number of hydrogen-bond acceptors (Lipinski definition) is 1. The molecule has 0 saturated heterocycles. The highest BCUT2D eigenvalue weighted by molar-refractivity contribution is 6.31. The number of carboxylic acids is 1. The van der Waals surface area contributed by atoms with Gasteiger partial charge in [0.25, 0.3) is 0 Å². The number of halogens is 2. The molecule has 0 amide bonds. The number of rotatable bonds is 2. The summed E-state index contributed by atoms with van der Waals surface area (Å²) >= 11 is 5.98. The lowest BCUT2D eigenvalue weighted by Gasteiger charge is -2.09. The van der Waals surface area contributed by atoms with Gasteiger partial charge in [0, 0.05) is 10.6 Å². The Balaban J connectivity index is 2.66. The lowest BCUT2D eigenvalue weighted by Crippen LogP contribution is -1.98. The van der Waals surface area contributed by atoms with Crippen LogP contribution in [0.4, 0.5) is 4.39 Å². The van der Waals surface area contributed by atoms with E-state index in [-0.39, 0.29) is 11.1 Å². The molecule has 2 aromatic carbocycles. The van der Waals surface area contributed by atoms with Gasteiger partial charge in [-0.2, -0.15) is 0 Å². The lowest BCUT2D eigenvalue weighted by molar-refractivity contribution is 0.0697. The van der Waals surface area contributed by atoms with E-state index in [0.717, 1.165) is 11.6 Å². The number of hydrogen-bond donors (Lipinski definition) is 1. The van der Waals surface area contributed by atoms with Crippen LogP contribution in [0.1, 0.15) is 15.9 Å². The van der Waals surface area contributed by atoms with Gasteiger partial charge < -0.3 is 5.11 Å². The Morgan fingerprint density at radius 1 is 1.22 bits per heavy atom. The van der Waals surface area contributed by atoms with Crippen LogP contribution in [0.3, 0.4) is 0 Å². The Bertz CT molecular complexity index is 623. The molecular formula is C14H10ClFO2. The van der Waals surface area contributed by atoms with E-state index in [9.17, 15) is 9.18 Å². The molecule has 0 spiro atoms. The first-order valence-electron chi connectivity index (χ1n) is 5.29. The molecule has 2 aromatic rings. The molecule has 0 atom stereocenters. The van der Waals surface area contributed by atoms with Crippen LogP contribution < -0.4 is 0 Å². The van der Waals surface area contributed by atoms with Gasteiger partial charge in [0.15, 0.2) is 0 Å². The van der Waals surface area contributed by atoms with Crippen LogP contribution in [0, 0.1) is 12.7 Å². The van der Waals surface area contributed by atoms with Gasteiger partial charge in [0.1, 0.15) is 5.82 Å². The Morgan fingerprint density at radius 2 is 1.94 bits per heavy atom. The van der Waals surface area contributed by atoms with Crippen molar-refractivity contribution >= 4 is 17.6 Å². The smallest absolute Gasteiger partial charge is 0.335 e. The molecule has 2 rings (SSSR count). The molecule has 2 nitrogen and oxygen atoms in total. The van der Waals surface area contributed by atoms with E-state index < -0.39 is 11.8 Å². The van der Waals surface area contributed by atoms with Crippen molar-refractivity contribution < 1.29 is 14.3 Å². The molecule has 0 fully saturated rings. The van der Waals surface area contributed by atoms with Gasteiger partial charge in [-0.25, -0.2) is 9.18 Å². The zero-order valence-corrected chi connectivity index (χ0v) is 10.3. The standard InChI is InChI=1S/C14H10ClFO2/c1-8-10(3-2-4-12(8)15)11-7-9(14(17)18)5-6-13(11)16/h2-7H,1H3,(H,17,18). The minimum atomic E-state index is -1.09. The van der Waals surface area contributed by atoms with Crippen molar-refractivity contribution in [1.82, 2.24) is 0 Å². The molecule has 0 unspecified atom stereocenters. The summed E-state index contributed by atoms with van der Waals surface area (Å²) in [6, 6.07) is 8.83. The van der Waals surface area contributed by atoms with Crippen molar-refractivity contribution in [3.8, 4) is 11.1 Å². The fraction of sp³-hybridized carbons (Fsp3) is 0.0714. The van der Waals surface area contributed by atoms with Gasteiger partial charge in [0.05, 0.1) is 5.56 Å². The topological polar surface area (TPSA) is 37.3 Å². The van der Waals surface area contributed by atoms with Crippen molar-refractivity contribution in [2.24, 2.45) is 0 Å². The molecule has 18 heavy (non-hydrogen) atoms. The third-order valence-corrected chi connectivity index (χ3v) is 3.18. The number of carbonyl (C=O) groups is 1. The van der Waals surface area contributed by atoms with Crippen molar-refractivity contribution in [2.75, 3.05) is 0 Å². The summed E-state index contributed by atoms with van der Waals surface area (Å²) in [6.45, 7) is 1.77. The van der Waals surface area contributed by atoms with Gasteiger partial charge in [-0.1, -0.05) is 23.7 Å². The molecule has 92 valence electrons. The zero-order valence-electron chi connectivity index (χ0n) is 9.58. The van der Waals surface area contributed by atoms with E-state index in [4.69, 9.17) is 16.7 Å². The Hall–Kier alpha value is -1.87. The Morgan fingerprint density at radius 3 is 2.61 bits per heavy atom. The first kappa shape index (κ1) is 12.6. The van der Waals surface area contributed by atoms with Crippen molar-refractivity contribution in [1.29, 1.82) is 0 Å². The van der Waals surface area contributed by atoms with Crippen LogP contribution in [0.5, 0.6) is 0 Å². The normalized spacial score (nSPS) is 10.4. The average Bonchev–Trinajstić information content (AvgIpc) is 2.33. The van der Waals surface area contributed by atoms with Crippen LogP contribution in [0.15, 0.2) is 36.4 Å². The fourth-order valence-electron chi connectivity index (χ4n) is 1.76. The summed E-state index contributed by atoms with van der Waals surface area (Å²) in [7, 11) is 0. The summed E-state index contributed by atoms with van der Waals surface area (Å²) in [5.41, 5.74) is 1.62. The van der Waals surface area contributed by atoms with E-state index in [1.807, 2.05) is 0 Å². The van der Waals surface area contributed by atoms with Crippen LogP contribution in [0.25, 0.3) is 11.1 Å². The minimum Gasteiger partial charge on any atom is -0.478 e. The summed E-state index contributed by atoms with van der Waals surface area (Å²) < 4.78 is 13.8. The summed E-state index contributed by atoms with van der Waals surface area (Å²) in [6.07, 6.45) is 0. The SMILES string of the molecule is Cc1c(Cl)cccc1-c1cc(C(=O)O)ccc1F. The van der Waals surface area contributed by atoms with E-state index in [2.05, 4.69) is 0 Å². The fourth-order valence-corrected chi connectivity index (χ4v) is 1.94. The largest absolute Gasteiger partial charge is 0.478 e. The predicted octanol–water partition coefficient (Wildman–Crippen LogP) is 4.15. The van der Waals surface area contributed by atoms with Crippen LogP contribution in [-0.2, 0) is 0 Å². The molecule has 0 bridgehead atoms. The van der Waals surface area contributed by atoms with Crippen LogP contribution in [0.2, 0.25) is 5.02 Å². The third-order valence-electron chi connectivity index (χ3n) is 2.77. The van der Waals surface area contributed by atoms with Crippen molar-refractivity contribution in [2.45, 2.75) is 6.92 Å². The quantitative estimate of drug-likeness (QED) is 0.885. The second kappa shape index (κ2) is 4.78. The number of aromatic carboxylic acids is 1. The maximum Gasteiger partial charge on any atom is 0.335 e. The van der Waals surface area contributed by atoms with Crippen LogP contribution >= 0.6 is 11.6 Å². The minimum absolute atomic E-state index is 0.0470. The monoisotopic (exact) mass is 264 g/mol. The molecule has 0 aliphatic rings. The molecule has 4 heteroatoms. The highest BCUT2D eigenvalue weighted by Crippen LogP contribution is 2.30. The zero-order chi connectivity index (χ0) is 13.3. The summed E-state index contributed by atoms with van der Waals surface area (Å²) in [4.78, 5) is 10.9. The molecule has 0 aliphatic carbocycles.